The van der Waals surface area contributed by atoms with Crippen molar-refractivity contribution in [2.75, 3.05) is 0 Å². The van der Waals surface area contributed by atoms with Crippen molar-refractivity contribution in [2.24, 2.45) is 0 Å². The summed E-state index contributed by atoms with van der Waals surface area (Å²) in [4.78, 5) is 0. The van der Waals surface area contributed by atoms with Gasteiger partial charge in [0.05, 0.1) is 0 Å². The molecule has 0 saturated heterocycles. The van der Waals surface area contributed by atoms with Gasteiger partial charge in [-0.25, -0.2) is 0 Å². The van der Waals surface area contributed by atoms with Gasteiger partial charge >= 0.3 is 163 Å². The third-order valence-electron chi connectivity index (χ3n) is 5.75. The van der Waals surface area contributed by atoms with E-state index >= 15 is 0 Å². The number of allylic oxidation sites excluding steroid dienone is 5. The first-order valence-corrected chi connectivity index (χ1v) is 11.7. The Kier molecular flexibility index (Phi) is 6.63. The van der Waals surface area contributed by atoms with E-state index in [1.165, 1.54) is 28.9 Å². The number of aromatic nitrogens is 1. The molecule has 0 amide bonds. The number of nitrogens with zero attached hydrogens (tertiary/aromatic N) is 1. The van der Waals surface area contributed by atoms with Gasteiger partial charge in [0.25, 0.3) is 0 Å². The molecule has 140 valence electrons. The molecule has 0 spiro atoms. The van der Waals surface area contributed by atoms with Crippen LogP contribution in [0.4, 0.5) is 0 Å². The Morgan fingerprint density at radius 2 is 1.67 bits per heavy atom. The SMILES string of the molecule is CC1=C(C)C(C)=[C]([Zr+2][CH]2C(n3cc(C)cc3C)=Cc3ccccc32)C1.[F-].[F-]. The van der Waals surface area contributed by atoms with Crippen LogP contribution in [0.25, 0.3) is 11.8 Å². The second-order valence-electron chi connectivity index (χ2n) is 7.49. The number of hydrogen-bond donors (Lipinski definition) is 0. The third kappa shape index (κ3) is 3.74. The fourth-order valence-corrected chi connectivity index (χ4v) is 8.79. The van der Waals surface area contributed by atoms with Crippen LogP contribution in [0.5, 0.6) is 0 Å². The number of benzene rings is 1. The van der Waals surface area contributed by atoms with Gasteiger partial charge in [-0.05, 0) is 0 Å². The molecule has 4 heteroatoms. The maximum Gasteiger partial charge on any atom is -1.00 e. The summed E-state index contributed by atoms with van der Waals surface area (Å²) < 4.78 is 4.85. The van der Waals surface area contributed by atoms with E-state index in [0.717, 1.165) is 0 Å². The van der Waals surface area contributed by atoms with Crippen LogP contribution in [0.15, 0.2) is 56.5 Å². The van der Waals surface area contributed by atoms with Crippen LogP contribution >= 0.6 is 0 Å². The van der Waals surface area contributed by atoms with Crippen molar-refractivity contribution >= 4 is 11.8 Å². The molecule has 27 heavy (non-hydrogen) atoms. The molecule has 0 bridgehead atoms. The summed E-state index contributed by atoms with van der Waals surface area (Å²) in [5.41, 5.74) is 11.9. The topological polar surface area (TPSA) is 4.93 Å². The summed E-state index contributed by atoms with van der Waals surface area (Å²) >= 11 is -0.747. The standard InChI is InChI=1S/C15H14N.C8H11.2FH.Zr/c1-11-7-12(2)16(10-11)15-8-13-5-3-4-6-14(13)9-15;1-6-4-5-7(2)8(6)3;;;/h3-10H,1-2H3;4H2,1-3H3;2*1H;/q;;;;+2/p-2. The second kappa shape index (κ2) is 8.23. The predicted molar refractivity (Wildman–Crippen MR) is 103 cm³/mol. The largest absolute Gasteiger partial charge is 1.00 e. The molecule has 1 unspecified atom stereocenters. The number of rotatable bonds is 3. The zero-order chi connectivity index (χ0) is 17.7. The van der Waals surface area contributed by atoms with Crippen molar-refractivity contribution in [2.45, 2.75) is 44.7 Å². The molecule has 2 aromatic rings. The van der Waals surface area contributed by atoms with Crippen molar-refractivity contribution in [1.29, 1.82) is 0 Å². The predicted octanol–water partition coefficient (Wildman–Crippen LogP) is 0.262. The van der Waals surface area contributed by atoms with Crippen LogP contribution in [0.1, 0.15) is 53.2 Å². The molecule has 1 nitrogen and oxygen atoms in total. The van der Waals surface area contributed by atoms with E-state index in [2.05, 4.69) is 81.8 Å². The van der Waals surface area contributed by atoms with Crippen LogP contribution < -0.4 is 9.41 Å². The first-order chi connectivity index (χ1) is 12.0. The molecule has 1 aromatic carbocycles. The van der Waals surface area contributed by atoms with Gasteiger partial charge in [-0.15, -0.1) is 0 Å². The number of aryl methyl sites for hydroxylation is 2. The molecule has 1 aromatic heterocycles. The minimum Gasteiger partial charge on any atom is -1.00 e. The Labute approximate surface area is 172 Å². The summed E-state index contributed by atoms with van der Waals surface area (Å²) in [6.07, 6.45) is 5.97. The van der Waals surface area contributed by atoms with E-state index in [9.17, 15) is 0 Å². The van der Waals surface area contributed by atoms with Crippen LogP contribution in [0, 0.1) is 13.8 Å². The molecule has 0 fully saturated rings. The fraction of sp³-hybridized carbons (Fsp3) is 0.304. The molecular formula is C23H25F2NZr. The molecule has 4 rings (SSSR count). The second-order valence-corrected chi connectivity index (χ2v) is 11.1. The van der Waals surface area contributed by atoms with Gasteiger partial charge < -0.3 is 9.41 Å². The zero-order valence-corrected chi connectivity index (χ0v) is 19.0. The Balaban J connectivity index is 0.00000131. The third-order valence-corrected chi connectivity index (χ3v) is 10.2. The molecule has 0 N–H and O–H groups in total. The van der Waals surface area contributed by atoms with E-state index in [4.69, 9.17) is 0 Å². The van der Waals surface area contributed by atoms with Gasteiger partial charge in [-0.2, -0.15) is 0 Å². The molecule has 2 aliphatic rings. The summed E-state index contributed by atoms with van der Waals surface area (Å²) in [6, 6.07) is 11.3. The maximum atomic E-state index is 2.44. The smallest absolute Gasteiger partial charge is 1.00 e. The summed E-state index contributed by atoms with van der Waals surface area (Å²) in [5, 5.41) is 0. The van der Waals surface area contributed by atoms with Crippen molar-refractivity contribution in [3.63, 3.8) is 0 Å². The Morgan fingerprint density at radius 1 is 0.963 bits per heavy atom. The van der Waals surface area contributed by atoms with Crippen LogP contribution in [0.3, 0.4) is 0 Å². The summed E-state index contributed by atoms with van der Waals surface area (Å²) in [7, 11) is 0. The zero-order valence-electron chi connectivity index (χ0n) is 16.5. The Bertz CT molecular complexity index is 963. The van der Waals surface area contributed by atoms with Crippen molar-refractivity contribution in [3.8, 4) is 0 Å². The van der Waals surface area contributed by atoms with Gasteiger partial charge in [0.15, 0.2) is 0 Å². The van der Waals surface area contributed by atoms with Crippen LogP contribution in [0.2, 0.25) is 0 Å². The van der Waals surface area contributed by atoms with Crippen LogP contribution in [-0.4, -0.2) is 4.57 Å². The molecular weight excluding hydrogens is 419 g/mol. The number of hydrogen-bond acceptors (Lipinski definition) is 0. The van der Waals surface area contributed by atoms with Gasteiger partial charge in [0, 0.05) is 0 Å². The van der Waals surface area contributed by atoms with Crippen LogP contribution in [-0.2, 0) is 23.2 Å². The number of fused-ring (bicyclic) bond motifs is 1. The average molecular weight is 445 g/mol. The maximum absolute atomic E-state index is 2.44. The van der Waals surface area contributed by atoms with Crippen molar-refractivity contribution in [1.82, 2.24) is 4.57 Å². The van der Waals surface area contributed by atoms with E-state index < -0.39 is 23.2 Å². The van der Waals surface area contributed by atoms with E-state index in [-0.39, 0.29) is 9.41 Å². The fourth-order valence-electron chi connectivity index (χ4n) is 4.10. The molecule has 1 atom stereocenters. The first-order valence-electron chi connectivity index (χ1n) is 9.05. The minimum atomic E-state index is -0.747. The van der Waals surface area contributed by atoms with Gasteiger partial charge in [0.2, 0.25) is 0 Å². The molecule has 0 saturated carbocycles. The molecule has 0 aliphatic heterocycles. The average Bonchev–Trinajstić information content (AvgIpc) is 3.19. The number of halogens is 2. The first kappa shape index (κ1) is 21.8. The van der Waals surface area contributed by atoms with Crippen molar-refractivity contribution in [3.05, 3.63) is 78.9 Å². The Morgan fingerprint density at radius 3 is 2.26 bits per heavy atom. The van der Waals surface area contributed by atoms with Gasteiger partial charge in [0.1, 0.15) is 0 Å². The molecule has 1 heterocycles. The van der Waals surface area contributed by atoms with E-state index in [1.807, 2.05) is 0 Å². The van der Waals surface area contributed by atoms with Gasteiger partial charge in [-0.1, -0.05) is 0 Å². The van der Waals surface area contributed by atoms with Crippen molar-refractivity contribution < 1.29 is 32.6 Å². The van der Waals surface area contributed by atoms with E-state index in [0.29, 0.717) is 3.63 Å². The monoisotopic (exact) mass is 443 g/mol. The molecule has 0 radical (unpaired) electrons. The Hall–Kier alpha value is -1.54. The summed E-state index contributed by atoms with van der Waals surface area (Å²) in [5.74, 6) is 0. The normalized spacial score (nSPS) is 18.0. The summed E-state index contributed by atoms with van der Waals surface area (Å²) in [6.45, 7) is 11.4. The minimum absolute atomic E-state index is 0. The molecule has 2 aliphatic carbocycles. The van der Waals surface area contributed by atoms with E-state index in [1.54, 1.807) is 25.6 Å². The quantitative estimate of drug-likeness (QED) is 0.640. The van der Waals surface area contributed by atoms with Gasteiger partial charge in [-0.3, -0.25) is 0 Å².